The van der Waals surface area contributed by atoms with Gasteiger partial charge in [-0.15, -0.1) is 0 Å². The van der Waals surface area contributed by atoms with Gasteiger partial charge in [0.2, 0.25) is 5.78 Å². The minimum atomic E-state index is -1.85. The van der Waals surface area contributed by atoms with Crippen molar-refractivity contribution in [2.75, 3.05) is 7.11 Å². The summed E-state index contributed by atoms with van der Waals surface area (Å²) < 4.78 is 4.56. The van der Waals surface area contributed by atoms with E-state index >= 15 is 0 Å². The van der Waals surface area contributed by atoms with E-state index in [1.54, 1.807) is 0 Å². The van der Waals surface area contributed by atoms with Crippen LogP contribution in [0.5, 0.6) is 0 Å². The van der Waals surface area contributed by atoms with Gasteiger partial charge in [-0.2, -0.15) is 4.79 Å². The molecule has 0 bridgehead atoms. The number of carbonyl (C=O) groups is 2. The maximum absolute atomic E-state index is 11.9. The maximum Gasteiger partial charge on any atom is 0.305 e. The van der Waals surface area contributed by atoms with Crippen LogP contribution < -0.4 is 0 Å². The Morgan fingerprint density at radius 1 is 1.00 bits per heavy atom. The van der Waals surface area contributed by atoms with E-state index in [1.807, 2.05) is 19.6 Å². The fourth-order valence-corrected chi connectivity index (χ4v) is 3.19. The lowest BCUT2D eigenvalue weighted by molar-refractivity contribution is -0.140. The topological polar surface area (TPSA) is 79.8 Å². The first-order chi connectivity index (χ1) is 9.32. The first-order valence-corrected chi connectivity index (χ1v) is 10.7. The molecule has 20 heavy (non-hydrogen) atoms. The van der Waals surface area contributed by atoms with Crippen molar-refractivity contribution in [3.8, 4) is 0 Å². The van der Waals surface area contributed by atoms with Crippen LogP contribution >= 0.6 is 0 Å². The molecule has 6 heteroatoms. The van der Waals surface area contributed by atoms with E-state index in [9.17, 15) is 9.59 Å². The molecule has 0 N–H and O–H groups in total. The average Bonchev–Trinajstić information content (AvgIpc) is 2.36. The molecule has 0 aliphatic heterocycles. The molecule has 0 spiro atoms. The van der Waals surface area contributed by atoms with Crippen LogP contribution in [0.3, 0.4) is 0 Å². The van der Waals surface area contributed by atoms with Crippen LogP contribution in [-0.2, 0) is 14.3 Å². The zero-order valence-electron chi connectivity index (χ0n) is 13.1. The van der Waals surface area contributed by atoms with Crippen molar-refractivity contribution in [2.45, 2.75) is 64.6 Å². The van der Waals surface area contributed by atoms with Crippen molar-refractivity contribution in [3.05, 3.63) is 5.53 Å². The number of ether oxygens (including phenoxy) is 1. The van der Waals surface area contributed by atoms with Gasteiger partial charge >= 0.3 is 5.97 Å². The number of methoxy groups -OCH3 is 1. The highest BCUT2D eigenvalue weighted by Crippen LogP contribution is 2.10. The van der Waals surface area contributed by atoms with Crippen molar-refractivity contribution in [3.63, 3.8) is 0 Å². The standard InChI is InChI=1S/C14H26N2O3Si/c1-19-13(18)11-9-7-5-6-8-10-12(17)14(16-15)20(2,3)4/h5-11H2,1-4H3. The zero-order chi connectivity index (χ0) is 15.6. The Morgan fingerprint density at radius 2 is 1.50 bits per heavy atom. The summed E-state index contributed by atoms with van der Waals surface area (Å²) in [5.41, 5.74) is 8.94. The van der Waals surface area contributed by atoms with E-state index in [2.05, 4.69) is 9.53 Å². The molecule has 0 aromatic heterocycles. The summed E-state index contributed by atoms with van der Waals surface area (Å²) in [6.07, 6.45) is 5.48. The molecule has 0 heterocycles. The Labute approximate surface area is 122 Å². The van der Waals surface area contributed by atoms with Gasteiger partial charge in [0.05, 0.1) is 7.11 Å². The van der Waals surface area contributed by atoms with Crippen molar-refractivity contribution >= 4 is 25.2 Å². The predicted molar refractivity (Wildman–Crippen MR) is 81.3 cm³/mol. The van der Waals surface area contributed by atoms with E-state index < -0.39 is 8.07 Å². The SMILES string of the molecule is COC(=O)CCCCCCCC(=O)C(=[N+]=[N-])[Si](C)(C)C. The summed E-state index contributed by atoms with van der Waals surface area (Å²) in [5, 5.41) is 0.378. The molecule has 114 valence electrons. The molecule has 0 atom stereocenters. The van der Waals surface area contributed by atoms with E-state index in [1.165, 1.54) is 7.11 Å². The molecule has 0 saturated carbocycles. The molecule has 0 aliphatic carbocycles. The molecule has 0 aliphatic rings. The number of carbonyl (C=O) groups excluding carboxylic acids is 2. The number of hydrogen-bond donors (Lipinski definition) is 0. The summed E-state index contributed by atoms with van der Waals surface area (Å²) in [4.78, 5) is 26.0. The van der Waals surface area contributed by atoms with E-state index in [4.69, 9.17) is 5.53 Å². The number of nitrogens with zero attached hydrogens (tertiary/aromatic N) is 2. The van der Waals surface area contributed by atoms with E-state index in [0.29, 0.717) is 18.2 Å². The van der Waals surface area contributed by atoms with Crippen molar-refractivity contribution in [2.24, 2.45) is 0 Å². The first-order valence-electron chi connectivity index (χ1n) is 7.15. The third-order valence-electron chi connectivity index (χ3n) is 3.09. The monoisotopic (exact) mass is 298 g/mol. The van der Waals surface area contributed by atoms with Crippen LogP contribution in [0.2, 0.25) is 19.6 Å². The third-order valence-corrected chi connectivity index (χ3v) is 4.89. The van der Waals surface area contributed by atoms with Gasteiger partial charge in [0.25, 0.3) is 5.33 Å². The smallest absolute Gasteiger partial charge is 0.305 e. The van der Waals surface area contributed by atoms with Gasteiger partial charge in [-0.3, -0.25) is 9.59 Å². The molecule has 5 nitrogen and oxygen atoms in total. The molecule has 0 aromatic carbocycles. The van der Waals surface area contributed by atoms with Gasteiger partial charge in [-0.1, -0.05) is 38.9 Å². The van der Waals surface area contributed by atoms with Crippen LogP contribution in [0.25, 0.3) is 5.53 Å². The van der Waals surface area contributed by atoms with Crippen LogP contribution in [-0.4, -0.2) is 37.1 Å². The molecule has 0 unspecified atom stereocenters. The fraction of sp³-hybridized carbons (Fsp3) is 0.786. The van der Waals surface area contributed by atoms with Gasteiger partial charge in [-0.05, 0) is 12.8 Å². The van der Waals surface area contributed by atoms with Crippen molar-refractivity contribution < 1.29 is 19.1 Å². The van der Waals surface area contributed by atoms with E-state index in [0.717, 1.165) is 32.1 Å². The summed E-state index contributed by atoms with van der Waals surface area (Å²) in [6, 6.07) is 0. The highest BCUT2D eigenvalue weighted by atomic mass is 28.3. The Kier molecular flexibility index (Phi) is 9.00. The molecule has 0 fully saturated rings. The molecular weight excluding hydrogens is 272 g/mol. The Morgan fingerprint density at radius 3 is 1.95 bits per heavy atom. The maximum atomic E-state index is 11.9. The molecular formula is C14H26N2O3Si. The molecule has 0 radical (unpaired) electrons. The molecule has 0 saturated heterocycles. The summed E-state index contributed by atoms with van der Waals surface area (Å²) in [7, 11) is -0.453. The number of esters is 1. The minimum absolute atomic E-state index is 0.0266. The second-order valence-corrected chi connectivity index (χ2v) is 10.9. The van der Waals surface area contributed by atoms with Gasteiger partial charge in [0.15, 0.2) is 8.07 Å². The normalized spacial score (nSPS) is 10.8. The Hall–Kier alpha value is -1.26. The zero-order valence-corrected chi connectivity index (χ0v) is 14.1. The first kappa shape index (κ1) is 18.7. The van der Waals surface area contributed by atoms with E-state index in [-0.39, 0.29) is 11.8 Å². The van der Waals surface area contributed by atoms with Crippen LogP contribution in [0, 0.1) is 0 Å². The lowest BCUT2D eigenvalue weighted by Gasteiger charge is -2.08. The second kappa shape index (κ2) is 9.61. The van der Waals surface area contributed by atoms with Crippen molar-refractivity contribution in [1.29, 1.82) is 0 Å². The fourth-order valence-electron chi connectivity index (χ4n) is 1.93. The summed E-state index contributed by atoms with van der Waals surface area (Å²) >= 11 is 0. The highest BCUT2D eigenvalue weighted by Gasteiger charge is 2.35. The number of unbranched alkanes of at least 4 members (excludes halogenated alkanes) is 4. The summed E-state index contributed by atoms with van der Waals surface area (Å²) in [6.45, 7) is 5.98. The summed E-state index contributed by atoms with van der Waals surface area (Å²) in [5.74, 6) is -0.194. The number of rotatable bonds is 10. The van der Waals surface area contributed by atoms with Gasteiger partial charge < -0.3 is 10.3 Å². The number of Topliss-reactive ketones (excluding diaryl/α,β-unsaturated/α-hetero) is 1. The Bertz CT molecular complexity index is 382. The van der Waals surface area contributed by atoms with Crippen molar-refractivity contribution in [1.82, 2.24) is 0 Å². The minimum Gasteiger partial charge on any atom is -0.469 e. The second-order valence-electron chi connectivity index (χ2n) is 5.97. The quantitative estimate of drug-likeness (QED) is 0.155. The number of ketones is 1. The van der Waals surface area contributed by atoms with Crippen LogP contribution in [0.1, 0.15) is 44.9 Å². The van der Waals surface area contributed by atoms with Crippen LogP contribution in [0.15, 0.2) is 0 Å². The Balaban J connectivity index is 3.78. The highest BCUT2D eigenvalue weighted by molar-refractivity contribution is 7.11. The van der Waals surface area contributed by atoms with Gasteiger partial charge in [-0.25, -0.2) is 0 Å². The predicted octanol–water partition coefficient (Wildman–Crippen LogP) is 3.01. The van der Waals surface area contributed by atoms with Gasteiger partial charge in [0, 0.05) is 12.8 Å². The number of hydrogen-bond acceptors (Lipinski definition) is 3. The molecule has 0 aromatic rings. The average molecular weight is 298 g/mol. The largest absolute Gasteiger partial charge is 0.469 e. The van der Waals surface area contributed by atoms with Crippen LogP contribution in [0.4, 0.5) is 0 Å². The third kappa shape index (κ3) is 8.02. The van der Waals surface area contributed by atoms with Gasteiger partial charge in [0.1, 0.15) is 0 Å². The lowest BCUT2D eigenvalue weighted by Crippen LogP contribution is -2.40. The molecule has 0 amide bonds. The lowest BCUT2D eigenvalue weighted by atomic mass is 10.1. The molecule has 0 rings (SSSR count).